The molecule has 164 valence electrons. The number of piperazine rings is 1. The number of nitro groups is 1. The largest absolute Gasteiger partial charge is 0.484 e. The Morgan fingerprint density at radius 3 is 2.26 bits per heavy atom. The van der Waals surface area contributed by atoms with Crippen molar-refractivity contribution in [1.82, 2.24) is 4.90 Å². The van der Waals surface area contributed by atoms with Crippen LogP contribution in [0.15, 0.2) is 48.5 Å². The maximum atomic E-state index is 12.1. The van der Waals surface area contributed by atoms with E-state index in [9.17, 15) is 19.7 Å². The zero-order valence-corrected chi connectivity index (χ0v) is 17.5. The lowest BCUT2D eigenvalue weighted by Gasteiger charge is -2.36. The Labute approximate surface area is 180 Å². The molecule has 31 heavy (non-hydrogen) atoms. The van der Waals surface area contributed by atoms with Crippen LogP contribution in [0.4, 0.5) is 17.1 Å². The average Bonchev–Trinajstić information content (AvgIpc) is 2.79. The summed E-state index contributed by atoms with van der Waals surface area (Å²) in [4.78, 5) is 38.4. The zero-order valence-electron chi connectivity index (χ0n) is 17.5. The van der Waals surface area contributed by atoms with Gasteiger partial charge in [0.25, 0.3) is 11.6 Å². The van der Waals surface area contributed by atoms with Crippen LogP contribution in [0, 0.1) is 10.1 Å². The number of non-ortho nitro benzene ring substituents is 1. The molecule has 0 atom stereocenters. The van der Waals surface area contributed by atoms with Crippen LogP contribution in [-0.2, 0) is 9.59 Å². The van der Waals surface area contributed by atoms with Gasteiger partial charge in [0.2, 0.25) is 5.91 Å². The van der Waals surface area contributed by atoms with Crippen LogP contribution in [-0.4, -0.2) is 54.4 Å². The van der Waals surface area contributed by atoms with Crippen molar-refractivity contribution in [2.45, 2.75) is 19.8 Å². The second-order valence-electron chi connectivity index (χ2n) is 7.25. The van der Waals surface area contributed by atoms with Crippen molar-refractivity contribution in [2.75, 3.05) is 43.0 Å². The van der Waals surface area contributed by atoms with Gasteiger partial charge in [-0.25, -0.2) is 0 Å². The Morgan fingerprint density at radius 1 is 1.03 bits per heavy atom. The number of amides is 2. The number of carbonyl (C=O) groups excluding carboxylic acids is 2. The van der Waals surface area contributed by atoms with Crippen molar-refractivity contribution < 1.29 is 19.2 Å². The molecule has 3 rings (SSSR count). The summed E-state index contributed by atoms with van der Waals surface area (Å²) in [6, 6.07) is 13.1. The maximum Gasteiger partial charge on any atom is 0.269 e. The number of nitro benzene ring substituents is 1. The van der Waals surface area contributed by atoms with Gasteiger partial charge in [-0.1, -0.05) is 6.92 Å². The van der Waals surface area contributed by atoms with E-state index in [2.05, 4.69) is 10.2 Å². The van der Waals surface area contributed by atoms with E-state index in [0.29, 0.717) is 17.9 Å². The van der Waals surface area contributed by atoms with Gasteiger partial charge in [-0.2, -0.15) is 0 Å². The number of rotatable bonds is 8. The topological polar surface area (TPSA) is 105 Å². The molecule has 1 fully saturated rings. The van der Waals surface area contributed by atoms with Gasteiger partial charge in [-0.3, -0.25) is 19.7 Å². The number of benzene rings is 2. The molecule has 0 radical (unpaired) electrons. The highest BCUT2D eigenvalue weighted by Gasteiger charge is 2.20. The Hall–Kier alpha value is -3.62. The lowest BCUT2D eigenvalue weighted by molar-refractivity contribution is -0.384. The van der Waals surface area contributed by atoms with Crippen LogP contribution >= 0.6 is 0 Å². The number of anilines is 2. The first kappa shape index (κ1) is 22.1. The highest BCUT2D eigenvalue weighted by atomic mass is 16.6. The SMILES string of the molecule is CCCC(=O)N1CCN(c2ccc(NC(=O)COc3ccc([N+](=O)[O-])cc3)cc2)CC1. The van der Waals surface area contributed by atoms with Crippen LogP contribution in [0.1, 0.15) is 19.8 Å². The summed E-state index contributed by atoms with van der Waals surface area (Å²) in [5.74, 6) is 0.276. The van der Waals surface area contributed by atoms with Crippen LogP contribution in [0.3, 0.4) is 0 Å². The second-order valence-corrected chi connectivity index (χ2v) is 7.25. The number of carbonyl (C=O) groups is 2. The number of hydrogen-bond donors (Lipinski definition) is 1. The van der Waals surface area contributed by atoms with E-state index in [-0.39, 0.29) is 24.1 Å². The molecule has 9 heteroatoms. The molecule has 2 aromatic rings. The molecule has 1 aliphatic heterocycles. The van der Waals surface area contributed by atoms with Gasteiger partial charge in [-0.05, 0) is 42.8 Å². The molecular formula is C22H26N4O5. The number of hydrogen-bond acceptors (Lipinski definition) is 6. The molecule has 0 aromatic heterocycles. The summed E-state index contributed by atoms with van der Waals surface area (Å²) in [6.45, 7) is 4.81. The summed E-state index contributed by atoms with van der Waals surface area (Å²) >= 11 is 0. The molecular weight excluding hydrogens is 400 g/mol. The van der Waals surface area contributed by atoms with Gasteiger partial charge in [0.15, 0.2) is 6.61 Å². The minimum Gasteiger partial charge on any atom is -0.484 e. The van der Waals surface area contributed by atoms with Crippen molar-refractivity contribution in [3.8, 4) is 5.75 Å². The average molecular weight is 426 g/mol. The van der Waals surface area contributed by atoms with Crippen molar-refractivity contribution in [2.24, 2.45) is 0 Å². The van der Waals surface area contributed by atoms with Gasteiger partial charge < -0.3 is 19.9 Å². The van der Waals surface area contributed by atoms with Gasteiger partial charge in [0.1, 0.15) is 5.75 Å². The highest BCUT2D eigenvalue weighted by Crippen LogP contribution is 2.20. The quantitative estimate of drug-likeness (QED) is 0.514. The molecule has 1 saturated heterocycles. The molecule has 0 bridgehead atoms. The first-order chi connectivity index (χ1) is 15.0. The van der Waals surface area contributed by atoms with E-state index in [1.807, 2.05) is 36.1 Å². The molecule has 2 aromatic carbocycles. The Morgan fingerprint density at radius 2 is 1.68 bits per heavy atom. The number of nitrogens with zero attached hydrogens (tertiary/aromatic N) is 3. The van der Waals surface area contributed by atoms with E-state index >= 15 is 0 Å². The molecule has 1 aliphatic rings. The summed E-state index contributed by atoms with van der Waals surface area (Å²) in [5.41, 5.74) is 1.66. The van der Waals surface area contributed by atoms with Crippen LogP contribution in [0.25, 0.3) is 0 Å². The first-order valence-corrected chi connectivity index (χ1v) is 10.3. The van der Waals surface area contributed by atoms with Gasteiger partial charge >= 0.3 is 0 Å². The minimum absolute atomic E-state index is 0.0362. The lowest BCUT2D eigenvalue weighted by Crippen LogP contribution is -2.48. The molecule has 0 aliphatic carbocycles. The minimum atomic E-state index is -0.494. The summed E-state index contributed by atoms with van der Waals surface area (Å²) < 4.78 is 5.37. The standard InChI is InChI=1S/C22H26N4O5/c1-2-3-22(28)25-14-12-24(13-15-25)18-6-4-17(5-7-18)23-21(27)16-31-20-10-8-19(9-11-20)26(29)30/h4-11H,2-3,12-16H2,1H3,(H,23,27). The molecule has 0 unspecified atom stereocenters. The summed E-state index contributed by atoms with van der Waals surface area (Å²) in [6.07, 6.45) is 1.47. The normalized spacial score (nSPS) is 13.6. The van der Waals surface area contributed by atoms with Crippen molar-refractivity contribution >= 4 is 28.9 Å². The molecule has 0 saturated carbocycles. The predicted octanol–water partition coefficient (Wildman–Crippen LogP) is 3.06. The third-order valence-electron chi connectivity index (χ3n) is 5.03. The zero-order chi connectivity index (χ0) is 22.2. The summed E-state index contributed by atoms with van der Waals surface area (Å²) in [5, 5.41) is 13.4. The van der Waals surface area contributed by atoms with Gasteiger partial charge in [0.05, 0.1) is 4.92 Å². The molecule has 0 spiro atoms. The maximum absolute atomic E-state index is 12.1. The Kier molecular flexibility index (Phi) is 7.42. The van der Waals surface area contributed by atoms with E-state index in [1.54, 1.807) is 0 Å². The monoisotopic (exact) mass is 426 g/mol. The third kappa shape index (κ3) is 6.18. The molecule has 2 amide bonds. The van der Waals surface area contributed by atoms with E-state index in [4.69, 9.17) is 4.74 Å². The van der Waals surface area contributed by atoms with Crippen molar-refractivity contribution in [1.29, 1.82) is 0 Å². The molecule has 1 N–H and O–H groups in total. The van der Waals surface area contributed by atoms with Crippen LogP contribution in [0.2, 0.25) is 0 Å². The fourth-order valence-electron chi connectivity index (χ4n) is 3.35. The summed E-state index contributed by atoms with van der Waals surface area (Å²) in [7, 11) is 0. The fraction of sp³-hybridized carbons (Fsp3) is 0.364. The van der Waals surface area contributed by atoms with E-state index < -0.39 is 4.92 Å². The number of ether oxygens (including phenoxy) is 1. The Bertz CT molecular complexity index is 907. The van der Waals surface area contributed by atoms with Gasteiger partial charge in [0, 0.05) is 56.1 Å². The van der Waals surface area contributed by atoms with Crippen molar-refractivity contribution in [3.05, 3.63) is 58.6 Å². The van der Waals surface area contributed by atoms with Crippen molar-refractivity contribution in [3.63, 3.8) is 0 Å². The number of nitrogens with one attached hydrogen (secondary N) is 1. The van der Waals surface area contributed by atoms with Gasteiger partial charge in [-0.15, -0.1) is 0 Å². The van der Waals surface area contributed by atoms with Crippen LogP contribution in [0.5, 0.6) is 5.75 Å². The second kappa shape index (κ2) is 10.4. The Balaban J connectivity index is 1.45. The smallest absolute Gasteiger partial charge is 0.269 e. The molecule has 9 nitrogen and oxygen atoms in total. The highest BCUT2D eigenvalue weighted by molar-refractivity contribution is 5.92. The fourth-order valence-corrected chi connectivity index (χ4v) is 3.35. The van der Waals surface area contributed by atoms with Crippen LogP contribution < -0.4 is 15.0 Å². The predicted molar refractivity (Wildman–Crippen MR) is 117 cm³/mol. The first-order valence-electron chi connectivity index (χ1n) is 10.3. The third-order valence-corrected chi connectivity index (χ3v) is 5.03. The lowest BCUT2D eigenvalue weighted by atomic mass is 10.2. The van der Waals surface area contributed by atoms with E-state index in [0.717, 1.165) is 38.3 Å². The molecule has 1 heterocycles. The van der Waals surface area contributed by atoms with E-state index in [1.165, 1.54) is 24.3 Å².